The Morgan fingerprint density at radius 2 is 1.83 bits per heavy atom. The minimum atomic E-state index is -0.431. The maximum absolute atomic E-state index is 13.2. The molecule has 0 spiro atoms. The summed E-state index contributed by atoms with van der Waals surface area (Å²) in [5.74, 6) is -1.19. The Morgan fingerprint density at radius 1 is 1.08 bits per heavy atom. The first kappa shape index (κ1) is 17.6. The van der Waals surface area contributed by atoms with Crippen molar-refractivity contribution in [2.75, 3.05) is 6.54 Å². The number of rotatable bonds is 7. The smallest absolute Gasteiger partial charge is 0.254 e. The van der Waals surface area contributed by atoms with Crippen molar-refractivity contribution in [1.82, 2.24) is 5.32 Å². The van der Waals surface area contributed by atoms with Crippen molar-refractivity contribution < 1.29 is 14.0 Å². The van der Waals surface area contributed by atoms with Crippen LogP contribution in [0.2, 0.25) is 0 Å². The zero-order valence-corrected chi connectivity index (χ0v) is 13.6. The summed E-state index contributed by atoms with van der Waals surface area (Å²) >= 11 is 0. The van der Waals surface area contributed by atoms with Crippen LogP contribution in [0.1, 0.15) is 24.5 Å². The van der Waals surface area contributed by atoms with Gasteiger partial charge in [-0.3, -0.25) is 9.59 Å². The highest BCUT2D eigenvalue weighted by Gasteiger charge is 2.14. The molecule has 2 aromatic rings. The third-order valence-electron chi connectivity index (χ3n) is 3.55. The highest BCUT2D eigenvalue weighted by Crippen LogP contribution is 2.10. The van der Waals surface area contributed by atoms with Crippen molar-refractivity contribution in [3.8, 4) is 0 Å². The number of hydrogen-bond acceptors (Lipinski definition) is 2. The van der Waals surface area contributed by atoms with Gasteiger partial charge < -0.3 is 5.32 Å². The molecule has 0 fully saturated rings. The molecule has 2 rings (SSSR count). The van der Waals surface area contributed by atoms with Gasteiger partial charge in [0.2, 0.25) is 0 Å². The van der Waals surface area contributed by atoms with Gasteiger partial charge in [0.25, 0.3) is 5.91 Å². The monoisotopic (exact) mass is 325 g/mol. The fourth-order valence-corrected chi connectivity index (χ4v) is 2.32. The maximum atomic E-state index is 13.2. The SMILES string of the molecule is CC(=O)C(=Cc1cccc(F)c1)C(=O)NCCCc1ccccc1. The van der Waals surface area contributed by atoms with Crippen molar-refractivity contribution >= 4 is 17.8 Å². The number of halogens is 1. The molecule has 24 heavy (non-hydrogen) atoms. The van der Waals surface area contributed by atoms with Gasteiger partial charge in [-0.05, 0) is 49.1 Å². The van der Waals surface area contributed by atoms with Gasteiger partial charge in [-0.1, -0.05) is 42.5 Å². The number of aryl methyl sites for hydroxylation is 1. The summed E-state index contributed by atoms with van der Waals surface area (Å²) in [5.41, 5.74) is 1.72. The molecular weight excluding hydrogens is 305 g/mol. The summed E-state index contributed by atoms with van der Waals surface area (Å²) in [4.78, 5) is 23.9. The second-order valence-corrected chi connectivity index (χ2v) is 5.51. The Balaban J connectivity index is 1.93. The molecule has 0 atom stereocenters. The first-order valence-corrected chi connectivity index (χ1v) is 7.86. The van der Waals surface area contributed by atoms with E-state index in [2.05, 4.69) is 5.32 Å². The van der Waals surface area contributed by atoms with E-state index in [0.29, 0.717) is 12.1 Å². The number of hydrogen-bond donors (Lipinski definition) is 1. The molecule has 0 aliphatic rings. The summed E-state index contributed by atoms with van der Waals surface area (Å²) in [6.45, 7) is 1.80. The lowest BCUT2D eigenvalue weighted by atomic mass is 10.1. The van der Waals surface area contributed by atoms with Crippen LogP contribution in [-0.2, 0) is 16.0 Å². The maximum Gasteiger partial charge on any atom is 0.254 e. The zero-order chi connectivity index (χ0) is 17.4. The summed E-state index contributed by atoms with van der Waals surface area (Å²) in [7, 11) is 0. The van der Waals surface area contributed by atoms with E-state index < -0.39 is 11.7 Å². The predicted molar refractivity (Wildman–Crippen MR) is 92.8 cm³/mol. The lowest BCUT2D eigenvalue weighted by molar-refractivity contribution is -0.121. The van der Waals surface area contributed by atoms with Crippen LogP contribution in [0.4, 0.5) is 4.39 Å². The van der Waals surface area contributed by atoms with Crippen LogP contribution in [0.5, 0.6) is 0 Å². The lowest BCUT2D eigenvalue weighted by Crippen LogP contribution is -2.28. The van der Waals surface area contributed by atoms with Gasteiger partial charge in [-0.15, -0.1) is 0 Å². The fraction of sp³-hybridized carbons (Fsp3) is 0.200. The van der Waals surface area contributed by atoms with Crippen molar-refractivity contribution in [2.45, 2.75) is 19.8 Å². The van der Waals surface area contributed by atoms with Crippen LogP contribution >= 0.6 is 0 Å². The number of amides is 1. The zero-order valence-electron chi connectivity index (χ0n) is 13.6. The minimum Gasteiger partial charge on any atom is -0.352 e. The number of carbonyl (C=O) groups excluding carboxylic acids is 2. The number of Topliss-reactive ketones (excluding diaryl/α,β-unsaturated/α-hetero) is 1. The summed E-state index contributed by atoms with van der Waals surface area (Å²) in [6, 6.07) is 15.8. The largest absolute Gasteiger partial charge is 0.352 e. The molecule has 1 amide bonds. The Labute approximate surface area is 141 Å². The molecular formula is C20H20FNO2. The summed E-state index contributed by atoms with van der Waals surface area (Å²) in [6.07, 6.45) is 3.04. The minimum absolute atomic E-state index is 0.0281. The van der Waals surface area contributed by atoms with Crippen LogP contribution in [-0.4, -0.2) is 18.2 Å². The molecule has 0 radical (unpaired) electrons. The molecule has 0 aliphatic carbocycles. The van der Waals surface area contributed by atoms with Crippen molar-refractivity contribution in [1.29, 1.82) is 0 Å². The van der Waals surface area contributed by atoms with Gasteiger partial charge in [0, 0.05) is 6.54 Å². The molecule has 0 bridgehead atoms. The highest BCUT2D eigenvalue weighted by molar-refractivity contribution is 6.21. The molecule has 0 aliphatic heterocycles. The molecule has 0 aromatic heterocycles. The van der Waals surface area contributed by atoms with E-state index in [0.717, 1.165) is 12.8 Å². The van der Waals surface area contributed by atoms with Gasteiger partial charge in [-0.25, -0.2) is 4.39 Å². The van der Waals surface area contributed by atoms with E-state index >= 15 is 0 Å². The number of carbonyl (C=O) groups is 2. The fourth-order valence-electron chi connectivity index (χ4n) is 2.32. The van der Waals surface area contributed by atoms with Gasteiger partial charge in [0.15, 0.2) is 5.78 Å². The van der Waals surface area contributed by atoms with Crippen molar-refractivity contribution in [3.63, 3.8) is 0 Å². The Kier molecular flexibility index (Phi) is 6.43. The van der Waals surface area contributed by atoms with E-state index in [9.17, 15) is 14.0 Å². The molecule has 2 aromatic carbocycles. The summed E-state index contributed by atoms with van der Waals surface area (Å²) in [5, 5.41) is 2.75. The first-order valence-electron chi connectivity index (χ1n) is 7.86. The topological polar surface area (TPSA) is 46.2 Å². The van der Waals surface area contributed by atoms with Gasteiger partial charge in [-0.2, -0.15) is 0 Å². The standard InChI is InChI=1S/C20H20FNO2/c1-15(23)19(14-17-9-5-11-18(21)13-17)20(24)22-12-6-10-16-7-3-2-4-8-16/h2-5,7-9,11,13-14H,6,10,12H2,1H3,(H,22,24). The Bertz CT molecular complexity index is 738. The van der Waals surface area contributed by atoms with E-state index in [-0.39, 0.29) is 11.4 Å². The van der Waals surface area contributed by atoms with Crippen LogP contribution in [0.3, 0.4) is 0 Å². The van der Waals surface area contributed by atoms with Gasteiger partial charge in [0.1, 0.15) is 5.82 Å². The third-order valence-corrected chi connectivity index (χ3v) is 3.55. The second kappa shape index (κ2) is 8.77. The predicted octanol–water partition coefficient (Wildman–Crippen LogP) is 3.55. The second-order valence-electron chi connectivity index (χ2n) is 5.51. The van der Waals surface area contributed by atoms with Gasteiger partial charge >= 0.3 is 0 Å². The Hall–Kier alpha value is -2.75. The summed E-state index contributed by atoms with van der Waals surface area (Å²) < 4.78 is 13.2. The highest BCUT2D eigenvalue weighted by atomic mass is 19.1. The van der Waals surface area contributed by atoms with Crippen LogP contribution in [0.15, 0.2) is 60.2 Å². The van der Waals surface area contributed by atoms with E-state index in [1.807, 2.05) is 30.3 Å². The van der Waals surface area contributed by atoms with Crippen molar-refractivity contribution in [3.05, 3.63) is 77.1 Å². The molecule has 4 heteroatoms. The average Bonchev–Trinajstić information content (AvgIpc) is 2.57. The third kappa shape index (κ3) is 5.47. The Morgan fingerprint density at radius 3 is 2.50 bits per heavy atom. The average molecular weight is 325 g/mol. The van der Waals surface area contributed by atoms with Crippen LogP contribution in [0, 0.1) is 5.82 Å². The number of ketones is 1. The van der Waals surface area contributed by atoms with Crippen LogP contribution in [0.25, 0.3) is 6.08 Å². The number of benzene rings is 2. The lowest BCUT2D eigenvalue weighted by Gasteiger charge is -2.07. The molecule has 3 nitrogen and oxygen atoms in total. The molecule has 0 heterocycles. The van der Waals surface area contributed by atoms with E-state index in [4.69, 9.17) is 0 Å². The quantitative estimate of drug-likeness (QED) is 0.366. The molecule has 0 unspecified atom stereocenters. The van der Waals surface area contributed by atoms with Gasteiger partial charge in [0.05, 0.1) is 5.57 Å². The molecule has 0 saturated heterocycles. The molecule has 0 saturated carbocycles. The normalized spacial score (nSPS) is 11.2. The van der Waals surface area contributed by atoms with Crippen LogP contribution < -0.4 is 5.32 Å². The first-order chi connectivity index (χ1) is 11.6. The molecule has 1 N–H and O–H groups in total. The van der Waals surface area contributed by atoms with E-state index in [1.54, 1.807) is 6.07 Å². The molecule has 124 valence electrons. The number of nitrogens with one attached hydrogen (secondary N) is 1. The van der Waals surface area contributed by atoms with Crippen molar-refractivity contribution in [2.24, 2.45) is 0 Å². The van der Waals surface area contributed by atoms with E-state index in [1.165, 1.54) is 36.8 Å².